The predicted octanol–water partition coefficient (Wildman–Crippen LogP) is 4.22. The third kappa shape index (κ3) is 4.45. The van der Waals surface area contributed by atoms with Crippen LogP contribution in [0.3, 0.4) is 0 Å². The van der Waals surface area contributed by atoms with Crippen LogP contribution in [0, 0.1) is 6.92 Å². The van der Waals surface area contributed by atoms with Crippen molar-refractivity contribution in [3.8, 4) is 5.69 Å². The molecule has 1 aliphatic rings. The summed E-state index contributed by atoms with van der Waals surface area (Å²) in [6.45, 7) is 2.01. The summed E-state index contributed by atoms with van der Waals surface area (Å²) in [7, 11) is 1.91. The maximum Gasteiger partial charge on any atom is 0.267 e. The second kappa shape index (κ2) is 9.60. The molecule has 7 nitrogen and oxygen atoms in total. The molecule has 1 aromatic carbocycles. The monoisotopic (exact) mass is 491 g/mol. The molecule has 0 unspecified atom stereocenters. The summed E-state index contributed by atoms with van der Waals surface area (Å²) in [4.78, 5) is 33.1. The van der Waals surface area contributed by atoms with Gasteiger partial charge in [0.25, 0.3) is 11.5 Å². The van der Waals surface area contributed by atoms with Gasteiger partial charge in [0.2, 0.25) is 0 Å². The first-order valence-electron chi connectivity index (χ1n) is 11.2. The summed E-state index contributed by atoms with van der Waals surface area (Å²) in [6, 6.07) is 11.6. The highest BCUT2D eigenvalue weighted by molar-refractivity contribution is 7.99. The van der Waals surface area contributed by atoms with Crippen LogP contribution in [0.1, 0.15) is 34.5 Å². The van der Waals surface area contributed by atoms with Crippen molar-refractivity contribution in [3.63, 3.8) is 0 Å². The number of fused-ring (bicyclic) bond motifs is 3. The van der Waals surface area contributed by atoms with Gasteiger partial charge in [0.05, 0.1) is 28.7 Å². The minimum Gasteiger partial charge on any atom is -0.350 e. The molecule has 0 radical (unpaired) electrons. The lowest BCUT2D eigenvalue weighted by atomic mass is 9.97. The zero-order chi connectivity index (χ0) is 23.7. The van der Waals surface area contributed by atoms with Crippen molar-refractivity contribution in [2.45, 2.75) is 37.8 Å². The Labute approximate surface area is 205 Å². The minimum absolute atomic E-state index is 0.0575. The molecule has 4 aromatic rings. The van der Waals surface area contributed by atoms with E-state index < -0.39 is 0 Å². The molecule has 34 heavy (non-hydrogen) atoms. The molecular weight excluding hydrogens is 466 g/mol. The fourth-order valence-corrected chi connectivity index (χ4v) is 6.25. The number of carbonyl (C=O) groups is 1. The Kier molecular flexibility index (Phi) is 6.38. The average Bonchev–Trinajstić information content (AvgIpc) is 3.41. The largest absolute Gasteiger partial charge is 0.350 e. The quantitative estimate of drug-likeness (QED) is 0.190. The average molecular weight is 492 g/mol. The van der Waals surface area contributed by atoms with E-state index in [9.17, 15) is 9.59 Å². The Bertz CT molecular complexity index is 1450. The first-order valence-corrected chi connectivity index (χ1v) is 13.0. The van der Waals surface area contributed by atoms with Gasteiger partial charge in [-0.1, -0.05) is 29.5 Å². The number of rotatable bonds is 6. The normalized spacial score (nSPS) is 13.5. The van der Waals surface area contributed by atoms with Crippen molar-refractivity contribution < 1.29 is 4.79 Å². The van der Waals surface area contributed by atoms with E-state index in [1.807, 2.05) is 61.1 Å². The second-order valence-electron chi connectivity index (χ2n) is 8.39. The van der Waals surface area contributed by atoms with Gasteiger partial charge in [-0.15, -0.1) is 11.3 Å². The Morgan fingerprint density at radius 2 is 2.03 bits per heavy atom. The van der Waals surface area contributed by atoms with Gasteiger partial charge in [-0.25, -0.2) is 10.4 Å². The topological polar surface area (TPSA) is 81.3 Å². The molecule has 0 fully saturated rings. The molecule has 1 aliphatic carbocycles. The molecule has 1 amide bonds. The van der Waals surface area contributed by atoms with Crippen molar-refractivity contribution >= 4 is 45.4 Å². The molecule has 174 valence electrons. The minimum atomic E-state index is -0.259. The van der Waals surface area contributed by atoms with E-state index in [-0.39, 0.29) is 17.2 Å². The molecule has 9 heteroatoms. The number of carbonyl (C=O) groups excluding carboxylic acids is 1. The summed E-state index contributed by atoms with van der Waals surface area (Å²) in [5, 5.41) is 5.30. The van der Waals surface area contributed by atoms with Gasteiger partial charge < -0.3 is 4.57 Å². The highest BCUT2D eigenvalue weighted by Gasteiger charge is 2.23. The number of nitrogens with zero attached hydrogens (tertiary/aromatic N) is 4. The van der Waals surface area contributed by atoms with Crippen molar-refractivity contribution in [3.05, 3.63) is 74.6 Å². The molecule has 0 spiro atoms. The molecule has 3 heterocycles. The van der Waals surface area contributed by atoms with E-state index in [1.165, 1.54) is 16.6 Å². The number of aromatic nitrogens is 3. The molecule has 0 saturated carbocycles. The van der Waals surface area contributed by atoms with Crippen molar-refractivity contribution in [2.24, 2.45) is 12.1 Å². The fraction of sp³-hybridized carbons (Fsp3) is 0.280. The molecule has 3 aromatic heterocycles. The smallest absolute Gasteiger partial charge is 0.267 e. The number of hydrazone groups is 1. The van der Waals surface area contributed by atoms with E-state index >= 15 is 0 Å². The van der Waals surface area contributed by atoms with Gasteiger partial charge >= 0.3 is 0 Å². The molecular formula is C25H25N5O2S2. The van der Waals surface area contributed by atoms with Gasteiger partial charge in [-0.2, -0.15) is 5.10 Å². The Hall–Kier alpha value is -3.17. The second-order valence-corrected chi connectivity index (χ2v) is 10.4. The summed E-state index contributed by atoms with van der Waals surface area (Å²) in [5.74, 6) is -0.162. The number of nitrogens with one attached hydrogen (secondary N) is 1. The number of amides is 1. The number of hydrogen-bond acceptors (Lipinski definition) is 6. The van der Waals surface area contributed by atoms with Crippen LogP contribution >= 0.6 is 23.1 Å². The fourth-order valence-electron chi connectivity index (χ4n) is 4.15. The Morgan fingerprint density at radius 3 is 2.79 bits per heavy atom. The van der Waals surface area contributed by atoms with E-state index in [0.717, 1.165) is 58.4 Å². The SMILES string of the molecule is Cc1ccc(-n2c(SCC(=O)N/N=C\c3cccn3C)nc3sc4c(c3c2=O)CCCC4)cc1. The van der Waals surface area contributed by atoms with Crippen molar-refractivity contribution in [2.75, 3.05) is 5.75 Å². The standard InChI is InChI=1S/C25H25N5O2S2/c1-16-9-11-17(12-10-16)30-24(32)22-19-7-3-4-8-20(19)34-23(22)27-25(30)33-15-21(31)28-26-14-18-6-5-13-29(18)2/h5-6,9-14H,3-4,7-8,15H2,1-2H3,(H,28,31)/b26-14-. The highest BCUT2D eigenvalue weighted by atomic mass is 32.2. The van der Waals surface area contributed by atoms with Crippen molar-refractivity contribution in [1.29, 1.82) is 0 Å². The van der Waals surface area contributed by atoms with Crippen molar-refractivity contribution in [1.82, 2.24) is 19.5 Å². The lowest BCUT2D eigenvalue weighted by Gasteiger charge is -2.13. The molecule has 5 rings (SSSR count). The van der Waals surface area contributed by atoms with E-state index in [2.05, 4.69) is 10.5 Å². The number of aryl methyl sites for hydroxylation is 4. The molecule has 0 atom stereocenters. The van der Waals surface area contributed by atoms with Gasteiger partial charge in [-0.05, 0) is 62.4 Å². The van der Waals surface area contributed by atoms with Crippen LogP contribution in [0.5, 0.6) is 0 Å². The van der Waals surface area contributed by atoms with Crippen LogP contribution in [-0.2, 0) is 24.7 Å². The highest BCUT2D eigenvalue weighted by Crippen LogP contribution is 2.35. The molecule has 1 N–H and O–H groups in total. The van der Waals surface area contributed by atoms with E-state index in [0.29, 0.717) is 5.16 Å². The summed E-state index contributed by atoms with van der Waals surface area (Å²) >= 11 is 2.87. The van der Waals surface area contributed by atoms with Crippen LogP contribution in [-0.4, -0.2) is 32.0 Å². The van der Waals surface area contributed by atoms with Crippen LogP contribution in [0.4, 0.5) is 0 Å². The van der Waals surface area contributed by atoms with Gasteiger partial charge in [0.1, 0.15) is 4.83 Å². The molecule has 0 saturated heterocycles. The van der Waals surface area contributed by atoms with E-state index in [4.69, 9.17) is 4.98 Å². The maximum atomic E-state index is 13.7. The number of thioether (sulfide) groups is 1. The zero-order valence-electron chi connectivity index (χ0n) is 19.1. The lowest BCUT2D eigenvalue weighted by molar-refractivity contribution is -0.118. The number of thiophene rings is 1. The molecule has 0 aliphatic heterocycles. The van der Waals surface area contributed by atoms with E-state index in [1.54, 1.807) is 22.1 Å². The Morgan fingerprint density at radius 1 is 1.24 bits per heavy atom. The molecule has 0 bridgehead atoms. The van der Waals surface area contributed by atoms with Crippen LogP contribution < -0.4 is 11.0 Å². The summed E-state index contributed by atoms with van der Waals surface area (Å²) in [5.41, 5.74) is 6.42. The number of hydrogen-bond donors (Lipinski definition) is 1. The van der Waals surface area contributed by atoms with Crippen LogP contribution in [0.25, 0.3) is 15.9 Å². The first-order chi connectivity index (χ1) is 16.5. The van der Waals surface area contributed by atoms with Gasteiger partial charge in [0, 0.05) is 18.1 Å². The van der Waals surface area contributed by atoms with Crippen LogP contribution in [0.2, 0.25) is 0 Å². The van der Waals surface area contributed by atoms with Gasteiger partial charge in [-0.3, -0.25) is 14.2 Å². The van der Waals surface area contributed by atoms with Crippen LogP contribution in [0.15, 0.2) is 57.6 Å². The zero-order valence-corrected chi connectivity index (χ0v) is 20.7. The third-order valence-electron chi connectivity index (χ3n) is 5.95. The van der Waals surface area contributed by atoms with Gasteiger partial charge in [0.15, 0.2) is 5.16 Å². The lowest BCUT2D eigenvalue weighted by Crippen LogP contribution is -2.24. The third-order valence-corrected chi connectivity index (χ3v) is 8.08. The predicted molar refractivity (Wildman–Crippen MR) is 138 cm³/mol. The summed E-state index contributed by atoms with van der Waals surface area (Å²) in [6.07, 6.45) is 7.69. The summed E-state index contributed by atoms with van der Waals surface area (Å²) < 4.78 is 3.55. The Balaban J connectivity index is 1.45. The number of benzene rings is 1. The maximum absolute atomic E-state index is 13.7. The first kappa shape index (κ1) is 22.6.